The number of aryl methyl sites for hydroxylation is 2. The Balaban J connectivity index is 1.87. The molecule has 0 radical (unpaired) electrons. The summed E-state index contributed by atoms with van der Waals surface area (Å²) in [7, 11) is 1.52. The normalized spacial score (nSPS) is 13.7. The van der Waals surface area contributed by atoms with Gasteiger partial charge in [-0.05, 0) is 55.3 Å². The van der Waals surface area contributed by atoms with Crippen molar-refractivity contribution in [2.24, 2.45) is 0 Å². The molecule has 7 heteroatoms. The molecule has 3 aromatic carbocycles. The maximum atomic E-state index is 13.6. The van der Waals surface area contributed by atoms with Gasteiger partial charge < -0.3 is 10.1 Å². The average Bonchev–Trinajstić information content (AvgIpc) is 3.02. The summed E-state index contributed by atoms with van der Waals surface area (Å²) in [5.41, 5.74) is 3.59. The molecule has 0 unspecified atom stereocenters. The van der Waals surface area contributed by atoms with Gasteiger partial charge >= 0.3 is 0 Å². The van der Waals surface area contributed by atoms with Gasteiger partial charge in [-0.3, -0.25) is 9.59 Å². The van der Waals surface area contributed by atoms with E-state index in [0.717, 1.165) is 16.0 Å². The standard InChI is InChI=1S/C25H20Cl2N2O3/c1-14-8-10-16(12-19(14)26)28-23-22(18-6-4-5-7-21(18)32-3)24(30)29(25(23)31)17-11-9-15(2)20(27)13-17/h4-13,28H,1-3H3. The van der Waals surface area contributed by atoms with Gasteiger partial charge in [0.2, 0.25) is 0 Å². The van der Waals surface area contributed by atoms with Crippen molar-refractivity contribution in [3.05, 3.63) is 93.1 Å². The fourth-order valence-corrected chi connectivity index (χ4v) is 3.87. The summed E-state index contributed by atoms with van der Waals surface area (Å²) in [6.45, 7) is 3.74. The van der Waals surface area contributed by atoms with Crippen molar-refractivity contribution >= 4 is 52.0 Å². The second-order valence-corrected chi connectivity index (χ2v) is 8.23. The van der Waals surface area contributed by atoms with Gasteiger partial charge in [0, 0.05) is 21.3 Å². The van der Waals surface area contributed by atoms with E-state index in [1.54, 1.807) is 54.6 Å². The van der Waals surface area contributed by atoms with Gasteiger partial charge in [-0.25, -0.2) is 4.90 Å². The van der Waals surface area contributed by atoms with Crippen LogP contribution in [0.5, 0.6) is 5.75 Å². The fourth-order valence-electron chi connectivity index (χ4n) is 3.52. The largest absolute Gasteiger partial charge is 0.496 e. The molecule has 0 fully saturated rings. The number of ether oxygens (including phenoxy) is 1. The molecule has 0 saturated carbocycles. The first-order valence-electron chi connectivity index (χ1n) is 9.87. The van der Waals surface area contributed by atoms with Gasteiger partial charge in [0.05, 0.1) is 18.4 Å². The predicted molar refractivity (Wildman–Crippen MR) is 128 cm³/mol. The van der Waals surface area contributed by atoms with E-state index in [9.17, 15) is 9.59 Å². The van der Waals surface area contributed by atoms with Gasteiger partial charge in [0.15, 0.2) is 0 Å². The van der Waals surface area contributed by atoms with E-state index in [0.29, 0.717) is 32.7 Å². The van der Waals surface area contributed by atoms with Crippen LogP contribution in [0.2, 0.25) is 10.0 Å². The van der Waals surface area contributed by atoms with Crippen LogP contribution in [-0.4, -0.2) is 18.9 Å². The minimum Gasteiger partial charge on any atom is -0.496 e. The lowest BCUT2D eigenvalue weighted by molar-refractivity contribution is -0.120. The minimum absolute atomic E-state index is 0.135. The maximum absolute atomic E-state index is 13.6. The molecule has 32 heavy (non-hydrogen) atoms. The Morgan fingerprint density at radius 3 is 2.16 bits per heavy atom. The number of hydrogen-bond acceptors (Lipinski definition) is 4. The fraction of sp³-hybridized carbons (Fsp3) is 0.120. The second-order valence-electron chi connectivity index (χ2n) is 7.42. The molecule has 4 rings (SSSR count). The number of hydrogen-bond donors (Lipinski definition) is 1. The Hall–Kier alpha value is -3.28. The second kappa shape index (κ2) is 8.69. The molecule has 5 nitrogen and oxygen atoms in total. The monoisotopic (exact) mass is 466 g/mol. The van der Waals surface area contributed by atoms with E-state index < -0.39 is 11.8 Å². The van der Waals surface area contributed by atoms with Crippen molar-refractivity contribution in [3.8, 4) is 5.75 Å². The summed E-state index contributed by atoms with van der Waals surface area (Å²) >= 11 is 12.5. The molecule has 1 aliphatic heterocycles. The molecule has 0 saturated heterocycles. The van der Waals surface area contributed by atoms with E-state index in [1.165, 1.54) is 7.11 Å². The lowest BCUT2D eigenvalue weighted by Gasteiger charge is -2.16. The molecule has 1 aliphatic rings. The van der Waals surface area contributed by atoms with E-state index in [-0.39, 0.29) is 11.3 Å². The third kappa shape index (κ3) is 3.85. The predicted octanol–water partition coefficient (Wildman–Crippen LogP) is 6.02. The average molecular weight is 467 g/mol. The van der Waals surface area contributed by atoms with Gasteiger partial charge in [-0.15, -0.1) is 0 Å². The number of rotatable bonds is 5. The molecule has 1 N–H and O–H groups in total. The number of para-hydroxylation sites is 1. The number of nitrogens with one attached hydrogen (secondary N) is 1. The molecular formula is C25H20Cl2N2O3. The summed E-state index contributed by atoms with van der Waals surface area (Å²) in [5, 5.41) is 4.13. The number of anilines is 2. The molecule has 0 spiro atoms. The van der Waals surface area contributed by atoms with Crippen molar-refractivity contribution < 1.29 is 14.3 Å². The van der Waals surface area contributed by atoms with Gasteiger partial charge in [0.25, 0.3) is 11.8 Å². The highest BCUT2D eigenvalue weighted by atomic mass is 35.5. The third-order valence-corrected chi connectivity index (χ3v) is 6.13. The summed E-state index contributed by atoms with van der Waals surface area (Å²) in [6, 6.07) is 17.5. The van der Waals surface area contributed by atoms with Gasteiger partial charge in [-0.2, -0.15) is 0 Å². The zero-order chi connectivity index (χ0) is 23.0. The highest BCUT2D eigenvalue weighted by molar-refractivity contribution is 6.46. The highest BCUT2D eigenvalue weighted by Crippen LogP contribution is 2.38. The number of carbonyl (C=O) groups excluding carboxylic acids is 2. The highest BCUT2D eigenvalue weighted by Gasteiger charge is 2.41. The Morgan fingerprint density at radius 2 is 1.50 bits per heavy atom. The maximum Gasteiger partial charge on any atom is 0.282 e. The summed E-state index contributed by atoms with van der Waals surface area (Å²) in [4.78, 5) is 28.2. The quantitative estimate of drug-likeness (QED) is 0.467. The Labute approximate surface area is 196 Å². The van der Waals surface area contributed by atoms with Crippen molar-refractivity contribution in [1.29, 1.82) is 0 Å². The Kier molecular flexibility index (Phi) is 5.96. The first-order valence-corrected chi connectivity index (χ1v) is 10.6. The van der Waals surface area contributed by atoms with Crippen molar-refractivity contribution in [3.63, 3.8) is 0 Å². The molecule has 0 aliphatic carbocycles. The lowest BCUT2D eigenvalue weighted by atomic mass is 10.0. The number of imide groups is 1. The Bertz CT molecular complexity index is 1280. The van der Waals surface area contributed by atoms with E-state index in [4.69, 9.17) is 27.9 Å². The van der Waals surface area contributed by atoms with Crippen LogP contribution in [0, 0.1) is 13.8 Å². The molecule has 1 heterocycles. The number of nitrogens with zero attached hydrogens (tertiary/aromatic N) is 1. The number of carbonyl (C=O) groups is 2. The number of benzene rings is 3. The number of amides is 2. The molecule has 3 aromatic rings. The van der Waals surface area contributed by atoms with Crippen molar-refractivity contribution in [2.75, 3.05) is 17.3 Å². The molecule has 0 bridgehead atoms. The Morgan fingerprint density at radius 1 is 0.844 bits per heavy atom. The SMILES string of the molecule is COc1ccccc1C1=C(Nc2ccc(C)c(Cl)c2)C(=O)N(c2ccc(C)c(Cl)c2)C1=O. The summed E-state index contributed by atoms with van der Waals surface area (Å²) in [6.07, 6.45) is 0. The van der Waals surface area contributed by atoms with E-state index >= 15 is 0 Å². The zero-order valence-electron chi connectivity index (χ0n) is 17.7. The van der Waals surface area contributed by atoms with Crippen LogP contribution in [0.3, 0.4) is 0 Å². The van der Waals surface area contributed by atoms with E-state index in [1.807, 2.05) is 19.9 Å². The van der Waals surface area contributed by atoms with Gasteiger partial charge in [0.1, 0.15) is 11.4 Å². The zero-order valence-corrected chi connectivity index (χ0v) is 19.2. The van der Waals surface area contributed by atoms with Crippen LogP contribution >= 0.6 is 23.2 Å². The van der Waals surface area contributed by atoms with Gasteiger partial charge in [-0.1, -0.05) is 53.5 Å². The molecule has 0 atom stereocenters. The van der Waals surface area contributed by atoms with Crippen LogP contribution in [0.1, 0.15) is 16.7 Å². The van der Waals surface area contributed by atoms with Crippen LogP contribution in [0.4, 0.5) is 11.4 Å². The third-order valence-electron chi connectivity index (χ3n) is 5.32. The van der Waals surface area contributed by atoms with Crippen LogP contribution in [0.15, 0.2) is 66.4 Å². The summed E-state index contributed by atoms with van der Waals surface area (Å²) in [5.74, 6) is -0.485. The molecule has 2 amide bonds. The molecule has 162 valence electrons. The van der Waals surface area contributed by atoms with Crippen molar-refractivity contribution in [1.82, 2.24) is 0 Å². The topological polar surface area (TPSA) is 58.6 Å². The van der Waals surface area contributed by atoms with Crippen LogP contribution in [-0.2, 0) is 9.59 Å². The van der Waals surface area contributed by atoms with E-state index in [2.05, 4.69) is 5.32 Å². The smallest absolute Gasteiger partial charge is 0.282 e. The number of halogens is 2. The number of methoxy groups -OCH3 is 1. The van der Waals surface area contributed by atoms with Crippen LogP contribution < -0.4 is 15.0 Å². The van der Waals surface area contributed by atoms with Crippen molar-refractivity contribution in [2.45, 2.75) is 13.8 Å². The first kappa shape index (κ1) is 21.9. The minimum atomic E-state index is -0.493. The summed E-state index contributed by atoms with van der Waals surface area (Å²) < 4.78 is 5.46. The first-order chi connectivity index (χ1) is 15.3. The molecular weight excluding hydrogens is 447 g/mol. The molecule has 0 aromatic heterocycles. The lowest BCUT2D eigenvalue weighted by Crippen LogP contribution is -2.32. The van der Waals surface area contributed by atoms with Crippen LogP contribution in [0.25, 0.3) is 5.57 Å².